The maximum absolute atomic E-state index is 5.53. The van der Waals surface area contributed by atoms with Crippen molar-refractivity contribution in [1.29, 1.82) is 0 Å². The Morgan fingerprint density at radius 3 is 2.47 bits per heavy atom. The largest absolute Gasteiger partial charge is 0.484 e. The van der Waals surface area contributed by atoms with Crippen LogP contribution in [0.3, 0.4) is 0 Å². The second kappa shape index (κ2) is 5.97. The van der Waals surface area contributed by atoms with Crippen molar-refractivity contribution in [2.75, 3.05) is 12.5 Å². The third-order valence-electron chi connectivity index (χ3n) is 2.04. The van der Waals surface area contributed by atoms with Crippen LogP contribution < -0.4 is 4.74 Å². The molecule has 0 saturated heterocycles. The van der Waals surface area contributed by atoms with Crippen LogP contribution in [0, 0.1) is 0 Å². The minimum Gasteiger partial charge on any atom is -0.484 e. The Bertz CT molecular complexity index is 471. The van der Waals surface area contributed by atoms with Crippen LogP contribution in [0.5, 0.6) is 5.75 Å². The van der Waals surface area contributed by atoms with E-state index in [1.807, 2.05) is 36.8 Å². The van der Waals surface area contributed by atoms with Crippen LogP contribution in [0.1, 0.15) is 5.89 Å². The monoisotopic (exact) mass is 268 g/mol. The Morgan fingerprint density at radius 1 is 1.12 bits per heavy atom. The highest BCUT2D eigenvalue weighted by Crippen LogP contribution is 2.20. The van der Waals surface area contributed by atoms with Gasteiger partial charge in [-0.3, -0.25) is 0 Å². The molecule has 2 aromatic rings. The van der Waals surface area contributed by atoms with Gasteiger partial charge in [0.15, 0.2) is 6.61 Å². The SMILES string of the molecule is CSc1ccc(OCc2nnc(SC)o2)cc1. The van der Waals surface area contributed by atoms with Crippen LogP contribution in [0.4, 0.5) is 0 Å². The quantitative estimate of drug-likeness (QED) is 0.777. The molecule has 4 nitrogen and oxygen atoms in total. The van der Waals surface area contributed by atoms with Crippen molar-refractivity contribution in [2.24, 2.45) is 0 Å². The molecule has 0 aliphatic carbocycles. The van der Waals surface area contributed by atoms with Gasteiger partial charge in [0.05, 0.1) is 0 Å². The van der Waals surface area contributed by atoms with Crippen LogP contribution in [0.25, 0.3) is 0 Å². The van der Waals surface area contributed by atoms with Gasteiger partial charge in [0.1, 0.15) is 5.75 Å². The molecule has 0 spiro atoms. The Hall–Kier alpha value is -1.14. The molecule has 0 N–H and O–H groups in total. The zero-order valence-corrected chi connectivity index (χ0v) is 11.2. The third kappa shape index (κ3) is 3.41. The Labute approximate surface area is 108 Å². The van der Waals surface area contributed by atoms with Gasteiger partial charge in [-0.05, 0) is 36.8 Å². The molecule has 0 aliphatic heterocycles. The van der Waals surface area contributed by atoms with Crippen molar-refractivity contribution in [2.45, 2.75) is 16.7 Å². The highest BCUT2D eigenvalue weighted by Gasteiger charge is 2.05. The van der Waals surface area contributed by atoms with Crippen molar-refractivity contribution in [3.8, 4) is 5.75 Å². The molecule has 0 bridgehead atoms. The normalized spacial score (nSPS) is 10.5. The fourth-order valence-corrected chi connectivity index (χ4v) is 1.91. The van der Waals surface area contributed by atoms with Crippen molar-refractivity contribution < 1.29 is 9.15 Å². The second-order valence-corrected chi connectivity index (χ2v) is 4.77. The van der Waals surface area contributed by atoms with Crippen LogP contribution in [-0.2, 0) is 6.61 Å². The summed E-state index contributed by atoms with van der Waals surface area (Å²) in [7, 11) is 0. The number of nitrogens with zero attached hydrogens (tertiary/aromatic N) is 2. The van der Waals surface area contributed by atoms with E-state index < -0.39 is 0 Å². The molecule has 6 heteroatoms. The van der Waals surface area contributed by atoms with Gasteiger partial charge in [-0.2, -0.15) is 0 Å². The van der Waals surface area contributed by atoms with E-state index in [0.29, 0.717) is 17.7 Å². The first-order valence-electron chi connectivity index (χ1n) is 4.95. The van der Waals surface area contributed by atoms with Gasteiger partial charge in [-0.1, -0.05) is 11.8 Å². The average Bonchev–Trinajstić information content (AvgIpc) is 2.85. The summed E-state index contributed by atoms with van der Waals surface area (Å²) in [6, 6.07) is 7.89. The van der Waals surface area contributed by atoms with Crippen molar-refractivity contribution in [3.63, 3.8) is 0 Å². The summed E-state index contributed by atoms with van der Waals surface area (Å²) in [4.78, 5) is 1.21. The Balaban J connectivity index is 1.92. The molecule has 0 unspecified atom stereocenters. The standard InChI is InChI=1S/C11H12N2O2S2/c1-16-9-5-3-8(4-6-9)14-7-10-12-13-11(15-10)17-2/h3-6H,7H2,1-2H3. The maximum atomic E-state index is 5.53. The van der Waals surface area contributed by atoms with Gasteiger partial charge >= 0.3 is 0 Å². The highest BCUT2D eigenvalue weighted by molar-refractivity contribution is 7.98. The lowest BCUT2D eigenvalue weighted by Crippen LogP contribution is -1.95. The van der Waals surface area contributed by atoms with Gasteiger partial charge in [0, 0.05) is 4.90 Å². The summed E-state index contributed by atoms with van der Waals surface area (Å²) in [6.45, 7) is 0.298. The number of ether oxygens (including phenoxy) is 1. The van der Waals surface area contributed by atoms with Crippen molar-refractivity contribution >= 4 is 23.5 Å². The van der Waals surface area contributed by atoms with E-state index in [9.17, 15) is 0 Å². The van der Waals surface area contributed by atoms with E-state index in [2.05, 4.69) is 10.2 Å². The number of rotatable bonds is 5. The van der Waals surface area contributed by atoms with Crippen molar-refractivity contribution in [3.05, 3.63) is 30.2 Å². The van der Waals surface area contributed by atoms with Crippen molar-refractivity contribution in [1.82, 2.24) is 10.2 Å². The summed E-state index contributed by atoms with van der Waals surface area (Å²) in [6.07, 6.45) is 3.93. The third-order valence-corrected chi connectivity index (χ3v) is 3.30. The second-order valence-electron chi connectivity index (χ2n) is 3.13. The summed E-state index contributed by atoms with van der Waals surface area (Å²) < 4.78 is 10.8. The van der Waals surface area contributed by atoms with Gasteiger partial charge in [-0.15, -0.1) is 22.0 Å². The predicted molar refractivity (Wildman–Crippen MR) is 68.6 cm³/mol. The van der Waals surface area contributed by atoms with E-state index in [4.69, 9.17) is 9.15 Å². The molecule has 90 valence electrons. The lowest BCUT2D eigenvalue weighted by atomic mass is 10.3. The molecule has 17 heavy (non-hydrogen) atoms. The summed E-state index contributed by atoms with van der Waals surface area (Å²) in [5.41, 5.74) is 0. The molecule has 1 aromatic carbocycles. The number of thioether (sulfide) groups is 2. The zero-order valence-electron chi connectivity index (χ0n) is 9.54. The van der Waals surface area contributed by atoms with Gasteiger partial charge < -0.3 is 9.15 Å². The molecule has 0 saturated carbocycles. The van der Waals surface area contributed by atoms with E-state index in [0.717, 1.165) is 5.75 Å². The molecule has 0 atom stereocenters. The minimum absolute atomic E-state index is 0.298. The molecule has 1 heterocycles. The molecule has 0 radical (unpaired) electrons. The number of aromatic nitrogens is 2. The average molecular weight is 268 g/mol. The van der Waals surface area contributed by atoms with E-state index in [1.165, 1.54) is 16.7 Å². The van der Waals surface area contributed by atoms with Gasteiger partial charge in [-0.25, -0.2) is 0 Å². The number of hydrogen-bond donors (Lipinski definition) is 0. The fraction of sp³-hybridized carbons (Fsp3) is 0.273. The van der Waals surface area contributed by atoms with Gasteiger partial charge in [0.25, 0.3) is 11.1 Å². The van der Waals surface area contributed by atoms with Crippen LogP contribution in [-0.4, -0.2) is 22.7 Å². The highest BCUT2D eigenvalue weighted by atomic mass is 32.2. The molecule has 0 amide bonds. The first kappa shape index (κ1) is 12.3. The number of benzene rings is 1. The smallest absolute Gasteiger partial charge is 0.276 e. The summed E-state index contributed by atoms with van der Waals surface area (Å²) in [5.74, 6) is 1.29. The van der Waals surface area contributed by atoms with E-state index in [-0.39, 0.29) is 0 Å². The maximum Gasteiger partial charge on any atom is 0.276 e. The Morgan fingerprint density at radius 2 is 1.88 bits per heavy atom. The zero-order chi connectivity index (χ0) is 12.1. The van der Waals surface area contributed by atoms with Crippen LogP contribution in [0.15, 0.2) is 38.8 Å². The topological polar surface area (TPSA) is 48.2 Å². The minimum atomic E-state index is 0.298. The number of hydrogen-bond acceptors (Lipinski definition) is 6. The first-order valence-corrected chi connectivity index (χ1v) is 7.40. The Kier molecular flexibility index (Phi) is 4.33. The lowest BCUT2D eigenvalue weighted by Gasteiger charge is -2.03. The van der Waals surface area contributed by atoms with Gasteiger partial charge in [0.2, 0.25) is 0 Å². The molecule has 1 aromatic heterocycles. The fourth-order valence-electron chi connectivity index (χ4n) is 1.20. The molecular formula is C11H12N2O2S2. The van der Waals surface area contributed by atoms with Crippen LogP contribution in [0.2, 0.25) is 0 Å². The first-order chi connectivity index (χ1) is 8.31. The van der Waals surface area contributed by atoms with Crippen LogP contribution >= 0.6 is 23.5 Å². The summed E-state index contributed by atoms with van der Waals surface area (Å²) >= 11 is 3.12. The lowest BCUT2D eigenvalue weighted by molar-refractivity contribution is 0.252. The van der Waals surface area contributed by atoms with E-state index in [1.54, 1.807) is 11.8 Å². The molecule has 0 fully saturated rings. The molecule has 2 rings (SSSR count). The molecular weight excluding hydrogens is 256 g/mol. The molecule has 0 aliphatic rings. The van der Waals surface area contributed by atoms with E-state index >= 15 is 0 Å². The predicted octanol–water partition coefficient (Wildman–Crippen LogP) is 3.09. The summed E-state index contributed by atoms with van der Waals surface area (Å²) in [5, 5.41) is 8.26.